The molecule has 2 saturated heterocycles. The molecule has 0 saturated carbocycles. The third-order valence-electron chi connectivity index (χ3n) is 4.79. The Morgan fingerprint density at radius 2 is 1.50 bits per heavy atom. The second kappa shape index (κ2) is 9.17. The third-order valence-corrected chi connectivity index (χ3v) is 4.79. The van der Waals surface area contributed by atoms with E-state index < -0.39 is 30.0 Å². The van der Waals surface area contributed by atoms with Gasteiger partial charge in [-0.2, -0.15) is 0 Å². The molecule has 146 valence electrons. The number of benzene rings is 1. The molecule has 0 atom stereocenters. The van der Waals surface area contributed by atoms with E-state index in [1.54, 1.807) is 0 Å². The first-order chi connectivity index (χ1) is 12.6. The smallest absolute Gasteiger partial charge is 0.194 e. The van der Waals surface area contributed by atoms with Crippen molar-refractivity contribution in [3.63, 3.8) is 0 Å². The fourth-order valence-electron chi connectivity index (χ4n) is 3.26. The standard InChI is InChI=1S/C19H25F3O4/c1-2-3-4-5-12-8-23-19(24-9-12)14-10-25-18(26-11-14)13-6-15(20)17(22)16(21)7-13/h6-7,12,14,18-19H,2-5,8-11H2,1H3/t12-,14-,18-,19-. The van der Waals surface area contributed by atoms with Gasteiger partial charge < -0.3 is 18.9 Å². The second-order valence-electron chi connectivity index (χ2n) is 6.95. The summed E-state index contributed by atoms with van der Waals surface area (Å²) in [6.07, 6.45) is 3.36. The van der Waals surface area contributed by atoms with Crippen LogP contribution in [0.15, 0.2) is 12.1 Å². The van der Waals surface area contributed by atoms with Crippen LogP contribution in [0.2, 0.25) is 0 Å². The lowest BCUT2D eigenvalue weighted by Gasteiger charge is -2.37. The summed E-state index contributed by atoms with van der Waals surface area (Å²) >= 11 is 0. The third kappa shape index (κ3) is 4.76. The summed E-state index contributed by atoms with van der Waals surface area (Å²) in [5.41, 5.74) is 0.112. The molecule has 0 aliphatic carbocycles. The Balaban J connectivity index is 1.46. The molecule has 0 spiro atoms. The van der Waals surface area contributed by atoms with E-state index in [-0.39, 0.29) is 24.7 Å². The van der Waals surface area contributed by atoms with Crippen LogP contribution in [0.5, 0.6) is 0 Å². The molecule has 2 fully saturated rings. The normalized spacial score (nSPS) is 29.7. The lowest BCUT2D eigenvalue weighted by atomic mass is 10.0. The van der Waals surface area contributed by atoms with Gasteiger partial charge in [-0.1, -0.05) is 26.2 Å². The molecule has 0 amide bonds. The van der Waals surface area contributed by atoms with E-state index in [4.69, 9.17) is 18.9 Å². The Morgan fingerprint density at radius 1 is 0.885 bits per heavy atom. The first-order valence-corrected chi connectivity index (χ1v) is 9.19. The number of unbranched alkanes of at least 4 members (excludes halogenated alkanes) is 2. The van der Waals surface area contributed by atoms with E-state index in [0.29, 0.717) is 19.1 Å². The summed E-state index contributed by atoms with van der Waals surface area (Å²) in [4.78, 5) is 0. The van der Waals surface area contributed by atoms with E-state index in [9.17, 15) is 13.2 Å². The van der Waals surface area contributed by atoms with Crippen LogP contribution in [0.4, 0.5) is 13.2 Å². The average molecular weight is 374 g/mol. The van der Waals surface area contributed by atoms with Crippen LogP contribution in [0.3, 0.4) is 0 Å². The average Bonchev–Trinajstić information content (AvgIpc) is 2.67. The van der Waals surface area contributed by atoms with E-state index in [1.807, 2.05) is 0 Å². The largest absolute Gasteiger partial charge is 0.352 e. The number of hydrogen-bond acceptors (Lipinski definition) is 4. The molecule has 1 aromatic carbocycles. The zero-order valence-corrected chi connectivity index (χ0v) is 14.9. The van der Waals surface area contributed by atoms with Gasteiger partial charge in [0.2, 0.25) is 0 Å². The van der Waals surface area contributed by atoms with Gasteiger partial charge in [0.25, 0.3) is 0 Å². The van der Waals surface area contributed by atoms with Gasteiger partial charge in [0, 0.05) is 11.5 Å². The van der Waals surface area contributed by atoms with Gasteiger partial charge in [-0.15, -0.1) is 0 Å². The van der Waals surface area contributed by atoms with Crippen molar-refractivity contribution < 1.29 is 32.1 Å². The molecule has 0 unspecified atom stereocenters. The van der Waals surface area contributed by atoms with Crippen molar-refractivity contribution in [2.24, 2.45) is 11.8 Å². The van der Waals surface area contributed by atoms with Crippen molar-refractivity contribution in [1.29, 1.82) is 0 Å². The van der Waals surface area contributed by atoms with Crippen molar-refractivity contribution in [2.45, 2.75) is 45.2 Å². The highest BCUT2D eigenvalue weighted by Gasteiger charge is 2.34. The van der Waals surface area contributed by atoms with Crippen LogP contribution < -0.4 is 0 Å². The van der Waals surface area contributed by atoms with Crippen LogP contribution >= 0.6 is 0 Å². The van der Waals surface area contributed by atoms with E-state index in [0.717, 1.165) is 18.6 Å². The van der Waals surface area contributed by atoms with Gasteiger partial charge in [0.15, 0.2) is 30.0 Å². The predicted octanol–water partition coefficient (Wildman–Crippen LogP) is 4.33. The predicted molar refractivity (Wildman–Crippen MR) is 87.8 cm³/mol. The summed E-state index contributed by atoms with van der Waals surface area (Å²) in [6.45, 7) is 4.03. The molecule has 0 aromatic heterocycles. The molecule has 0 bridgehead atoms. The number of ether oxygens (including phenoxy) is 4. The van der Waals surface area contributed by atoms with Gasteiger partial charge in [0.05, 0.1) is 32.3 Å². The summed E-state index contributed by atoms with van der Waals surface area (Å²) < 4.78 is 62.4. The zero-order valence-electron chi connectivity index (χ0n) is 14.9. The number of rotatable bonds is 6. The molecule has 0 radical (unpaired) electrons. The molecule has 0 N–H and O–H groups in total. The quantitative estimate of drug-likeness (QED) is 0.548. The first kappa shape index (κ1) is 19.6. The highest BCUT2D eigenvalue weighted by atomic mass is 19.2. The molecule has 2 aliphatic rings. The minimum atomic E-state index is -1.50. The summed E-state index contributed by atoms with van der Waals surface area (Å²) in [5, 5.41) is 0. The first-order valence-electron chi connectivity index (χ1n) is 9.19. The fraction of sp³-hybridized carbons (Fsp3) is 0.684. The molecule has 1 aromatic rings. The Hall–Kier alpha value is -1.15. The minimum Gasteiger partial charge on any atom is -0.352 e. The van der Waals surface area contributed by atoms with Crippen molar-refractivity contribution in [3.05, 3.63) is 35.1 Å². The van der Waals surface area contributed by atoms with Crippen LogP contribution in [-0.4, -0.2) is 32.7 Å². The lowest BCUT2D eigenvalue weighted by Crippen LogP contribution is -2.43. The maximum absolute atomic E-state index is 13.3. The molecule has 26 heavy (non-hydrogen) atoms. The van der Waals surface area contributed by atoms with E-state index >= 15 is 0 Å². The molecule has 2 aliphatic heterocycles. The molecule has 3 rings (SSSR count). The maximum Gasteiger partial charge on any atom is 0.194 e. The van der Waals surface area contributed by atoms with Crippen molar-refractivity contribution in [1.82, 2.24) is 0 Å². The van der Waals surface area contributed by atoms with Gasteiger partial charge in [-0.25, -0.2) is 13.2 Å². The Labute approximate surface area is 151 Å². The van der Waals surface area contributed by atoms with Gasteiger partial charge in [-0.05, 0) is 18.6 Å². The number of halogens is 3. The molecular weight excluding hydrogens is 349 g/mol. The Kier molecular flexibility index (Phi) is 6.92. The van der Waals surface area contributed by atoms with Crippen LogP contribution in [0.1, 0.15) is 44.5 Å². The Bertz CT molecular complexity index is 559. The molecular formula is C19H25F3O4. The van der Waals surface area contributed by atoms with E-state index in [1.165, 1.54) is 19.3 Å². The van der Waals surface area contributed by atoms with Crippen LogP contribution in [0.25, 0.3) is 0 Å². The maximum atomic E-state index is 13.3. The van der Waals surface area contributed by atoms with Gasteiger partial charge >= 0.3 is 0 Å². The topological polar surface area (TPSA) is 36.9 Å². The molecule has 2 heterocycles. The monoisotopic (exact) mass is 374 g/mol. The van der Waals surface area contributed by atoms with Crippen LogP contribution in [-0.2, 0) is 18.9 Å². The van der Waals surface area contributed by atoms with Crippen molar-refractivity contribution >= 4 is 0 Å². The Morgan fingerprint density at radius 3 is 2.08 bits per heavy atom. The zero-order chi connectivity index (χ0) is 18.5. The van der Waals surface area contributed by atoms with E-state index in [2.05, 4.69) is 6.92 Å². The molecule has 7 heteroatoms. The summed E-state index contributed by atoms with van der Waals surface area (Å²) in [5.74, 6) is -3.72. The molecule has 4 nitrogen and oxygen atoms in total. The van der Waals surface area contributed by atoms with Crippen LogP contribution in [0, 0.1) is 29.3 Å². The summed E-state index contributed by atoms with van der Waals surface area (Å²) in [7, 11) is 0. The highest BCUT2D eigenvalue weighted by molar-refractivity contribution is 5.20. The fourth-order valence-corrected chi connectivity index (χ4v) is 3.26. The second-order valence-corrected chi connectivity index (χ2v) is 6.95. The van der Waals surface area contributed by atoms with Crippen molar-refractivity contribution in [2.75, 3.05) is 26.4 Å². The van der Waals surface area contributed by atoms with Gasteiger partial charge in [0.1, 0.15) is 0 Å². The minimum absolute atomic E-state index is 0.112. The summed E-state index contributed by atoms with van der Waals surface area (Å²) in [6, 6.07) is 1.77. The number of hydrogen-bond donors (Lipinski definition) is 0. The highest BCUT2D eigenvalue weighted by Crippen LogP contribution is 2.31. The van der Waals surface area contributed by atoms with Gasteiger partial charge in [-0.3, -0.25) is 0 Å². The van der Waals surface area contributed by atoms with Crippen molar-refractivity contribution in [3.8, 4) is 0 Å². The lowest BCUT2D eigenvalue weighted by molar-refractivity contribution is -0.283. The SMILES string of the molecule is CCCCC[C@H]1CO[C@H]([C@H]2CO[C@H](c3cc(F)c(F)c(F)c3)OC2)OC1.